The molecule has 7 heteroatoms. The number of ketones is 1. The third kappa shape index (κ3) is 3.24. The number of aryl methyl sites for hydroxylation is 1. The molecule has 0 radical (unpaired) electrons. The second-order valence-corrected chi connectivity index (χ2v) is 7.55. The van der Waals surface area contributed by atoms with Gasteiger partial charge in [-0.05, 0) is 36.1 Å². The van der Waals surface area contributed by atoms with Gasteiger partial charge in [0.25, 0.3) is 0 Å². The van der Waals surface area contributed by atoms with Crippen LogP contribution in [0.3, 0.4) is 0 Å². The molecule has 0 fully saturated rings. The first kappa shape index (κ1) is 17.8. The molecule has 0 saturated heterocycles. The molecule has 138 valence electrons. The summed E-state index contributed by atoms with van der Waals surface area (Å²) in [6.07, 6.45) is 4.97. The average Bonchev–Trinajstić information content (AvgIpc) is 3.27. The second-order valence-electron chi connectivity index (χ2n) is 6.50. The molecule has 1 unspecified atom stereocenters. The van der Waals surface area contributed by atoms with Crippen LogP contribution >= 0.6 is 11.3 Å². The van der Waals surface area contributed by atoms with Crippen molar-refractivity contribution in [1.82, 2.24) is 4.98 Å². The summed E-state index contributed by atoms with van der Waals surface area (Å²) in [5.74, 6) is -0.0299. The van der Waals surface area contributed by atoms with Crippen LogP contribution in [0.25, 0.3) is 10.1 Å². The minimum atomic E-state index is -0.288. The molecule has 1 aliphatic carbocycles. The fraction of sp³-hybridized carbons (Fsp3) is 0.300. The second kappa shape index (κ2) is 7.54. The number of nitrogens with one attached hydrogen (secondary N) is 1. The highest BCUT2D eigenvalue weighted by Crippen LogP contribution is 2.38. The average molecular weight is 381 g/mol. The lowest BCUT2D eigenvalue weighted by Crippen LogP contribution is -2.10. The van der Waals surface area contributed by atoms with Gasteiger partial charge in [-0.25, -0.2) is 0 Å². The molecule has 2 aromatic heterocycles. The number of carbonyl (C=O) groups excluding carboxylic acids is 1. The molecule has 1 N–H and O–H groups in total. The monoisotopic (exact) mass is 381 g/mol. The number of nitrogens with zero attached hydrogens (tertiary/aromatic N) is 2. The van der Waals surface area contributed by atoms with Crippen molar-refractivity contribution in [3.8, 4) is 0 Å². The number of benzene rings is 1. The lowest BCUT2D eigenvalue weighted by Gasteiger charge is -2.09. The molecule has 1 aromatic carbocycles. The van der Waals surface area contributed by atoms with E-state index in [1.54, 1.807) is 25.6 Å². The quantitative estimate of drug-likeness (QED) is 0.374. The maximum Gasteiger partial charge on any atom is 0.196 e. The third-order valence-electron chi connectivity index (χ3n) is 4.89. The Morgan fingerprint density at radius 2 is 2.30 bits per heavy atom. The SMILES string of the molecule is COCCNc1sc2cnccc2c1C(=O)c1ccc2c(c1)CCC2N=O. The maximum atomic E-state index is 13.4. The zero-order chi connectivity index (χ0) is 18.8. The number of anilines is 1. The molecule has 27 heavy (non-hydrogen) atoms. The van der Waals surface area contributed by atoms with E-state index < -0.39 is 0 Å². The van der Waals surface area contributed by atoms with Crippen molar-refractivity contribution in [1.29, 1.82) is 0 Å². The van der Waals surface area contributed by atoms with Crippen molar-refractivity contribution in [2.24, 2.45) is 5.18 Å². The number of aromatic nitrogens is 1. The molecule has 0 bridgehead atoms. The van der Waals surface area contributed by atoms with Crippen LogP contribution in [-0.4, -0.2) is 31.0 Å². The van der Waals surface area contributed by atoms with Gasteiger partial charge >= 0.3 is 0 Å². The first-order valence-corrected chi connectivity index (χ1v) is 9.64. The number of rotatable bonds is 7. The Bertz CT molecular complexity index is 1010. The van der Waals surface area contributed by atoms with E-state index in [0.717, 1.165) is 32.6 Å². The summed E-state index contributed by atoms with van der Waals surface area (Å²) in [7, 11) is 1.65. The van der Waals surface area contributed by atoms with Crippen molar-refractivity contribution < 1.29 is 9.53 Å². The van der Waals surface area contributed by atoms with Crippen molar-refractivity contribution in [2.75, 3.05) is 25.6 Å². The van der Waals surface area contributed by atoms with E-state index in [1.165, 1.54) is 11.3 Å². The standard InChI is InChI=1S/C20H19N3O3S/c1-26-9-8-22-20-18(15-6-7-21-11-17(15)27-20)19(24)13-2-4-14-12(10-13)3-5-16(14)23-25/h2,4,6-7,10-11,16,22H,3,5,8-9H2,1H3. The van der Waals surface area contributed by atoms with Gasteiger partial charge in [-0.3, -0.25) is 9.78 Å². The summed E-state index contributed by atoms with van der Waals surface area (Å²) in [5.41, 5.74) is 3.28. The number of hydrogen-bond donors (Lipinski definition) is 1. The molecule has 1 aliphatic rings. The number of ether oxygens (including phenoxy) is 1. The number of fused-ring (bicyclic) bond motifs is 2. The van der Waals surface area contributed by atoms with Gasteiger partial charge in [-0.15, -0.1) is 11.3 Å². The third-order valence-corrected chi connectivity index (χ3v) is 5.99. The number of thiophene rings is 1. The molecule has 0 aliphatic heterocycles. The molecule has 0 spiro atoms. The van der Waals surface area contributed by atoms with Crippen molar-refractivity contribution in [2.45, 2.75) is 18.9 Å². The fourth-order valence-corrected chi connectivity index (χ4v) is 4.65. The van der Waals surface area contributed by atoms with Crippen LogP contribution in [-0.2, 0) is 11.2 Å². The van der Waals surface area contributed by atoms with Crippen LogP contribution in [0.1, 0.15) is 39.5 Å². The summed E-state index contributed by atoms with van der Waals surface area (Å²) in [5, 5.41) is 8.22. The van der Waals surface area contributed by atoms with E-state index >= 15 is 0 Å². The summed E-state index contributed by atoms with van der Waals surface area (Å²) < 4.78 is 6.07. The van der Waals surface area contributed by atoms with Crippen molar-refractivity contribution in [3.05, 3.63) is 63.8 Å². The normalized spacial score (nSPS) is 15.7. The topological polar surface area (TPSA) is 80.7 Å². The lowest BCUT2D eigenvalue weighted by atomic mass is 9.98. The van der Waals surface area contributed by atoms with Gasteiger partial charge in [0, 0.05) is 37.0 Å². The van der Waals surface area contributed by atoms with Gasteiger partial charge in [-0.2, -0.15) is 4.91 Å². The van der Waals surface area contributed by atoms with E-state index in [1.807, 2.05) is 18.2 Å². The molecule has 3 aromatic rings. The summed E-state index contributed by atoms with van der Waals surface area (Å²) in [6, 6.07) is 7.17. The summed E-state index contributed by atoms with van der Waals surface area (Å²) in [4.78, 5) is 28.5. The lowest BCUT2D eigenvalue weighted by molar-refractivity contribution is 0.104. The van der Waals surface area contributed by atoms with Gasteiger partial charge in [0.1, 0.15) is 11.0 Å². The van der Waals surface area contributed by atoms with Crippen molar-refractivity contribution >= 4 is 32.2 Å². The van der Waals surface area contributed by atoms with E-state index in [9.17, 15) is 9.70 Å². The largest absolute Gasteiger partial charge is 0.383 e. The number of carbonyl (C=O) groups is 1. The number of methoxy groups -OCH3 is 1. The van der Waals surface area contributed by atoms with E-state index in [2.05, 4.69) is 15.5 Å². The number of hydrogen-bond acceptors (Lipinski definition) is 7. The minimum Gasteiger partial charge on any atom is -0.383 e. The molecule has 6 nitrogen and oxygen atoms in total. The van der Waals surface area contributed by atoms with E-state index in [4.69, 9.17) is 4.74 Å². The molecule has 4 rings (SSSR count). The van der Waals surface area contributed by atoms with Crippen LogP contribution in [0.5, 0.6) is 0 Å². The Labute approximate surface area is 160 Å². The predicted octanol–water partition coefficient (Wildman–Crippen LogP) is 4.34. The first-order chi connectivity index (χ1) is 13.2. The Balaban J connectivity index is 1.74. The predicted molar refractivity (Wildman–Crippen MR) is 107 cm³/mol. The molecule has 0 amide bonds. The Kier molecular flexibility index (Phi) is 4.96. The highest BCUT2D eigenvalue weighted by molar-refractivity contribution is 7.23. The number of nitroso groups, excluding NO2 is 1. The molecular weight excluding hydrogens is 362 g/mol. The molecule has 1 atom stereocenters. The Morgan fingerprint density at radius 3 is 3.11 bits per heavy atom. The highest BCUT2D eigenvalue weighted by atomic mass is 32.1. The number of pyridine rings is 1. The smallest absolute Gasteiger partial charge is 0.196 e. The molecular formula is C20H19N3O3S. The minimum absolute atomic E-state index is 0.0299. The van der Waals surface area contributed by atoms with Gasteiger partial charge in [-0.1, -0.05) is 17.3 Å². The summed E-state index contributed by atoms with van der Waals surface area (Å²) >= 11 is 1.52. The fourth-order valence-electron chi connectivity index (χ4n) is 3.56. The zero-order valence-corrected chi connectivity index (χ0v) is 15.7. The van der Waals surface area contributed by atoms with Crippen LogP contribution in [0.2, 0.25) is 0 Å². The van der Waals surface area contributed by atoms with E-state index in [-0.39, 0.29) is 11.8 Å². The van der Waals surface area contributed by atoms with Crippen molar-refractivity contribution in [3.63, 3.8) is 0 Å². The van der Waals surface area contributed by atoms with E-state index in [0.29, 0.717) is 30.7 Å². The molecule has 0 saturated carbocycles. The Morgan fingerprint density at radius 1 is 1.41 bits per heavy atom. The zero-order valence-electron chi connectivity index (χ0n) is 14.9. The van der Waals surface area contributed by atoms with Gasteiger partial charge in [0.2, 0.25) is 0 Å². The van der Waals surface area contributed by atoms with Crippen LogP contribution in [0.4, 0.5) is 5.00 Å². The molecule has 2 heterocycles. The van der Waals surface area contributed by atoms with Crippen LogP contribution in [0, 0.1) is 4.91 Å². The maximum absolute atomic E-state index is 13.4. The Hall–Kier alpha value is -2.64. The highest BCUT2D eigenvalue weighted by Gasteiger charge is 2.26. The van der Waals surface area contributed by atoms with Gasteiger partial charge < -0.3 is 10.1 Å². The van der Waals surface area contributed by atoms with Crippen LogP contribution < -0.4 is 5.32 Å². The first-order valence-electron chi connectivity index (χ1n) is 8.82. The summed E-state index contributed by atoms with van der Waals surface area (Å²) in [6.45, 7) is 1.17. The van der Waals surface area contributed by atoms with Gasteiger partial charge in [0.15, 0.2) is 5.78 Å². The van der Waals surface area contributed by atoms with Crippen LogP contribution in [0.15, 0.2) is 41.8 Å². The van der Waals surface area contributed by atoms with Gasteiger partial charge in [0.05, 0.1) is 16.9 Å².